The number of ether oxygens (including phenoxy) is 1. The van der Waals surface area contributed by atoms with Gasteiger partial charge in [0.1, 0.15) is 0 Å². The lowest BCUT2D eigenvalue weighted by molar-refractivity contribution is -0.561. The van der Waals surface area contributed by atoms with E-state index in [9.17, 15) is 0 Å². The standard InChI is InChI=1S/C10H14NO/c1-7-6-10-4-5-12-9(3)11(10)8(7)2/h4-5,9H,6H2,1-3H3/q+1. The van der Waals surface area contributed by atoms with Crippen molar-refractivity contribution in [3.8, 4) is 0 Å². The van der Waals surface area contributed by atoms with Crippen LogP contribution in [0.3, 0.4) is 0 Å². The van der Waals surface area contributed by atoms with E-state index in [-0.39, 0.29) is 6.23 Å². The van der Waals surface area contributed by atoms with Crippen LogP contribution in [0, 0.1) is 0 Å². The van der Waals surface area contributed by atoms with E-state index in [0.717, 1.165) is 6.42 Å². The van der Waals surface area contributed by atoms with Gasteiger partial charge in [-0.25, -0.2) is 0 Å². The first-order valence-corrected chi connectivity index (χ1v) is 4.33. The molecule has 1 unspecified atom stereocenters. The van der Waals surface area contributed by atoms with Crippen molar-refractivity contribution in [1.29, 1.82) is 0 Å². The minimum absolute atomic E-state index is 0.169. The molecule has 0 fully saturated rings. The van der Waals surface area contributed by atoms with E-state index < -0.39 is 0 Å². The van der Waals surface area contributed by atoms with E-state index in [4.69, 9.17) is 4.74 Å². The summed E-state index contributed by atoms with van der Waals surface area (Å²) < 4.78 is 7.66. The molecule has 2 aliphatic rings. The molecule has 0 spiro atoms. The van der Waals surface area contributed by atoms with Crippen molar-refractivity contribution in [3.05, 3.63) is 23.6 Å². The van der Waals surface area contributed by atoms with Crippen LogP contribution in [-0.2, 0) is 4.74 Å². The Bertz CT molecular complexity index is 310. The van der Waals surface area contributed by atoms with E-state index in [0.29, 0.717) is 0 Å². The molecule has 0 saturated carbocycles. The summed E-state index contributed by atoms with van der Waals surface area (Å²) in [7, 11) is 0. The molecule has 2 nitrogen and oxygen atoms in total. The van der Waals surface area contributed by atoms with Crippen LogP contribution in [0.15, 0.2) is 23.6 Å². The third-order valence-electron chi connectivity index (χ3n) is 2.63. The smallest absolute Gasteiger partial charge is 0.298 e. The minimum Gasteiger partial charge on any atom is -0.441 e. The molecule has 0 radical (unpaired) electrons. The molecule has 2 heteroatoms. The zero-order valence-corrected chi connectivity index (χ0v) is 7.79. The van der Waals surface area contributed by atoms with Crippen molar-refractivity contribution < 1.29 is 9.31 Å². The first-order valence-electron chi connectivity index (χ1n) is 4.33. The number of allylic oxidation sites excluding steroid dienone is 3. The predicted octanol–water partition coefficient (Wildman–Crippen LogP) is 2.03. The average molecular weight is 164 g/mol. The summed E-state index contributed by atoms with van der Waals surface area (Å²) in [6, 6.07) is 0. The first-order chi connectivity index (χ1) is 5.70. The predicted molar refractivity (Wildman–Crippen MR) is 47.9 cm³/mol. The fourth-order valence-corrected chi connectivity index (χ4v) is 1.84. The van der Waals surface area contributed by atoms with Crippen LogP contribution in [0.4, 0.5) is 0 Å². The average Bonchev–Trinajstić information content (AvgIpc) is 2.29. The van der Waals surface area contributed by atoms with Gasteiger partial charge in [-0.1, -0.05) is 0 Å². The summed E-state index contributed by atoms with van der Waals surface area (Å²) in [6.45, 7) is 6.41. The van der Waals surface area contributed by atoms with E-state index >= 15 is 0 Å². The number of rotatable bonds is 0. The van der Waals surface area contributed by atoms with E-state index in [1.54, 1.807) is 6.26 Å². The highest BCUT2D eigenvalue weighted by Gasteiger charge is 2.32. The summed E-state index contributed by atoms with van der Waals surface area (Å²) in [5.74, 6) is 0. The van der Waals surface area contributed by atoms with Crippen molar-refractivity contribution in [1.82, 2.24) is 0 Å². The quantitative estimate of drug-likeness (QED) is 0.499. The van der Waals surface area contributed by atoms with Crippen LogP contribution >= 0.6 is 0 Å². The lowest BCUT2D eigenvalue weighted by Gasteiger charge is -2.13. The van der Waals surface area contributed by atoms with Gasteiger partial charge in [-0.3, -0.25) is 0 Å². The zero-order valence-electron chi connectivity index (χ0n) is 7.79. The monoisotopic (exact) mass is 164 g/mol. The zero-order chi connectivity index (χ0) is 8.72. The molecule has 0 aromatic rings. The maximum absolute atomic E-state index is 5.40. The first kappa shape index (κ1) is 7.59. The summed E-state index contributed by atoms with van der Waals surface area (Å²) in [6.07, 6.45) is 5.10. The SMILES string of the molecule is CC1=C(C)[N+]2=C(C=COC2C)C1. The highest BCUT2D eigenvalue weighted by molar-refractivity contribution is 5.94. The maximum atomic E-state index is 5.40. The number of nitrogens with zero attached hydrogens (tertiary/aromatic N) is 1. The van der Waals surface area contributed by atoms with Gasteiger partial charge in [0.05, 0.1) is 12.7 Å². The third kappa shape index (κ3) is 0.909. The molecule has 0 aromatic carbocycles. The fourth-order valence-electron chi connectivity index (χ4n) is 1.84. The van der Waals surface area contributed by atoms with Gasteiger partial charge < -0.3 is 4.74 Å². The number of hydrogen-bond donors (Lipinski definition) is 0. The Balaban J connectivity index is 2.44. The summed E-state index contributed by atoms with van der Waals surface area (Å²) >= 11 is 0. The van der Waals surface area contributed by atoms with E-state index in [2.05, 4.69) is 31.4 Å². The van der Waals surface area contributed by atoms with Crippen molar-refractivity contribution in [2.75, 3.05) is 0 Å². The number of hydrogen-bond acceptors (Lipinski definition) is 1. The Morgan fingerprint density at radius 2 is 2.25 bits per heavy atom. The molecule has 0 aliphatic carbocycles. The molecule has 2 aliphatic heterocycles. The lowest BCUT2D eigenvalue weighted by atomic mass is 10.1. The molecular formula is C10H14NO+. The normalized spacial score (nSPS) is 27.8. The van der Waals surface area contributed by atoms with Crippen molar-refractivity contribution >= 4 is 5.71 Å². The van der Waals surface area contributed by atoms with Crippen LogP contribution in [-0.4, -0.2) is 16.5 Å². The van der Waals surface area contributed by atoms with Crippen molar-refractivity contribution in [2.45, 2.75) is 33.4 Å². The second-order valence-corrected chi connectivity index (χ2v) is 3.44. The molecule has 2 rings (SSSR count). The molecule has 0 bridgehead atoms. The molecule has 0 saturated heterocycles. The van der Waals surface area contributed by atoms with Crippen LogP contribution in [0.25, 0.3) is 0 Å². The largest absolute Gasteiger partial charge is 0.441 e. The van der Waals surface area contributed by atoms with Crippen LogP contribution < -0.4 is 0 Å². The van der Waals surface area contributed by atoms with Gasteiger partial charge in [-0.05, 0) is 6.92 Å². The van der Waals surface area contributed by atoms with Crippen LogP contribution in [0.2, 0.25) is 0 Å². The Kier molecular flexibility index (Phi) is 1.56. The summed E-state index contributed by atoms with van der Waals surface area (Å²) in [5, 5.41) is 0. The summed E-state index contributed by atoms with van der Waals surface area (Å²) in [5.41, 5.74) is 4.16. The molecule has 0 aromatic heterocycles. The Morgan fingerprint density at radius 3 is 2.92 bits per heavy atom. The molecule has 64 valence electrons. The summed E-state index contributed by atoms with van der Waals surface area (Å²) in [4.78, 5) is 0. The minimum atomic E-state index is 0.169. The molecule has 0 amide bonds. The molecule has 0 N–H and O–H groups in total. The topological polar surface area (TPSA) is 12.2 Å². The molecule has 12 heavy (non-hydrogen) atoms. The van der Waals surface area contributed by atoms with Crippen molar-refractivity contribution in [2.24, 2.45) is 0 Å². The fraction of sp³-hybridized carbons (Fsp3) is 0.500. The third-order valence-corrected chi connectivity index (χ3v) is 2.63. The Hall–Kier alpha value is -1.05. The Labute approximate surface area is 72.9 Å². The van der Waals surface area contributed by atoms with E-state index in [1.165, 1.54) is 17.0 Å². The lowest BCUT2D eigenvalue weighted by Crippen LogP contribution is -2.28. The van der Waals surface area contributed by atoms with Gasteiger partial charge in [-0.2, -0.15) is 4.58 Å². The van der Waals surface area contributed by atoms with Gasteiger partial charge in [0, 0.05) is 25.5 Å². The highest BCUT2D eigenvalue weighted by atomic mass is 16.5. The van der Waals surface area contributed by atoms with Gasteiger partial charge in [0.2, 0.25) is 0 Å². The Morgan fingerprint density at radius 1 is 1.50 bits per heavy atom. The molecule has 1 atom stereocenters. The van der Waals surface area contributed by atoms with Gasteiger partial charge >= 0.3 is 0 Å². The maximum Gasteiger partial charge on any atom is 0.298 e. The molecular weight excluding hydrogens is 150 g/mol. The second-order valence-electron chi connectivity index (χ2n) is 3.44. The highest BCUT2D eigenvalue weighted by Crippen LogP contribution is 2.23. The van der Waals surface area contributed by atoms with E-state index in [1.807, 2.05) is 0 Å². The van der Waals surface area contributed by atoms with Gasteiger partial charge in [-0.15, -0.1) is 0 Å². The van der Waals surface area contributed by atoms with Gasteiger partial charge in [0.15, 0.2) is 11.4 Å². The van der Waals surface area contributed by atoms with Crippen LogP contribution in [0.1, 0.15) is 27.2 Å². The molecule has 2 heterocycles. The second kappa shape index (κ2) is 2.47. The van der Waals surface area contributed by atoms with Crippen molar-refractivity contribution in [3.63, 3.8) is 0 Å². The van der Waals surface area contributed by atoms with Gasteiger partial charge in [0.25, 0.3) is 6.23 Å². The van der Waals surface area contributed by atoms with Crippen LogP contribution in [0.5, 0.6) is 0 Å².